The number of thiocarbonyl (C=S) groups is 1. The molecule has 1 atom stereocenters. The molecular formula is C23H27N3O5S. The Balaban J connectivity index is 1.77. The van der Waals surface area contributed by atoms with Crippen molar-refractivity contribution >= 4 is 34.8 Å². The summed E-state index contributed by atoms with van der Waals surface area (Å²) in [4.78, 5) is 29.0. The number of carbonyl (C=O) groups is 2. The van der Waals surface area contributed by atoms with Crippen LogP contribution in [0.3, 0.4) is 0 Å². The van der Waals surface area contributed by atoms with Crippen LogP contribution in [0.5, 0.6) is 17.2 Å². The van der Waals surface area contributed by atoms with Gasteiger partial charge in [0.05, 0.1) is 27.8 Å². The molecule has 1 N–H and O–H groups in total. The fourth-order valence-corrected chi connectivity index (χ4v) is 4.01. The highest BCUT2D eigenvalue weighted by molar-refractivity contribution is 7.80. The molecule has 0 aliphatic carbocycles. The number of carbonyl (C=O) groups excluding carboxylic acids is 2. The molecule has 2 amide bonds. The van der Waals surface area contributed by atoms with E-state index in [2.05, 4.69) is 5.32 Å². The zero-order chi connectivity index (χ0) is 23.3. The Kier molecular flexibility index (Phi) is 7.53. The molecule has 9 heteroatoms. The molecule has 0 radical (unpaired) electrons. The molecule has 0 spiro atoms. The van der Waals surface area contributed by atoms with E-state index in [0.717, 1.165) is 5.56 Å². The minimum atomic E-state index is -0.686. The van der Waals surface area contributed by atoms with Crippen LogP contribution in [0.1, 0.15) is 18.9 Å². The monoisotopic (exact) mass is 457 g/mol. The van der Waals surface area contributed by atoms with Crippen LogP contribution in [0.15, 0.2) is 42.5 Å². The number of methoxy groups -OCH3 is 3. The van der Waals surface area contributed by atoms with Gasteiger partial charge in [0.1, 0.15) is 11.8 Å². The number of anilines is 1. The van der Waals surface area contributed by atoms with Gasteiger partial charge >= 0.3 is 0 Å². The topological polar surface area (TPSA) is 80.3 Å². The second-order valence-corrected chi connectivity index (χ2v) is 7.54. The molecule has 0 unspecified atom stereocenters. The van der Waals surface area contributed by atoms with Gasteiger partial charge in [0.25, 0.3) is 5.91 Å². The van der Waals surface area contributed by atoms with Crippen molar-refractivity contribution in [1.82, 2.24) is 9.80 Å². The first kappa shape index (κ1) is 23.3. The largest absolute Gasteiger partial charge is 0.497 e. The Morgan fingerprint density at radius 3 is 2.31 bits per heavy atom. The summed E-state index contributed by atoms with van der Waals surface area (Å²) >= 11 is 5.56. The highest BCUT2D eigenvalue weighted by atomic mass is 32.1. The molecule has 2 aromatic carbocycles. The third-order valence-electron chi connectivity index (χ3n) is 5.27. The number of hydrogen-bond donors (Lipinski definition) is 1. The van der Waals surface area contributed by atoms with Gasteiger partial charge in [0.2, 0.25) is 5.91 Å². The number of nitrogens with one attached hydrogen (secondary N) is 1. The van der Waals surface area contributed by atoms with Crippen LogP contribution < -0.4 is 19.5 Å². The summed E-state index contributed by atoms with van der Waals surface area (Å²) in [5, 5.41) is 3.25. The summed E-state index contributed by atoms with van der Waals surface area (Å²) in [5.74, 6) is 1.44. The van der Waals surface area contributed by atoms with Crippen molar-refractivity contribution in [3.05, 3.63) is 48.0 Å². The quantitative estimate of drug-likeness (QED) is 0.580. The van der Waals surface area contributed by atoms with Crippen molar-refractivity contribution in [3.8, 4) is 17.2 Å². The molecule has 0 saturated carbocycles. The molecule has 1 aliphatic rings. The predicted octanol–water partition coefficient (Wildman–Crippen LogP) is 3.06. The Morgan fingerprint density at radius 2 is 1.72 bits per heavy atom. The maximum Gasteiger partial charge on any atom is 0.252 e. The molecule has 170 valence electrons. The van der Waals surface area contributed by atoms with Crippen molar-refractivity contribution in [3.63, 3.8) is 0 Å². The summed E-state index contributed by atoms with van der Waals surface area (Å²) in [7, 11) is 4.72. The van der Waals surface area contributed by atoms with Crippen LogP contribution in [-0.2, 0) is 16.1 Å². The van der Waals surface area contributed by atoms with E-state index in [-0.39, 0.29) is 18.2 Å². The van der Waals surface area contributed by atoms with E-state index in [9.17, 15) is 9.59 Å². The van der Waals surface area contributed by atoms with Crippen LogP contribution in [0.25, 0.3) is 0 Å². The first-order valence-corrected chi connectivity index (χ1v) is 10.6. The third-order valence-corrected chi connectivity index (χ3v) is 5.73. The molecule has 8 nitrogen and oxygen atoms in total. The van der Waals surface area contributed by atoms with Crippen LogP contribution in [0, 0.1) is 0 Å². The van der Waals surface area contributed by atoms with Crippen LogP contribution in [-0.4, -0.2) is 60.6 Å². The molecule has 32 heavy (non-hydrogen) atoms. The zero-order valence-electron chi connectivity index (χ0n) is 18.6. The molecule has 3 rings (SSSR count). The van der Waals surface area contributed by atoms with E-state index < -0.39 is 6.04 Å². The molecule has 1 heterocycles. The normalized spacial score (nSPS) is 15.7. The Hall–Kier alpha value is -3.33. The van der Waals surface area contributed by atoms with E-state index in [4.69, 9.17) is 26.4 Å². The minimum absolute atomic E-state index is 0.0191. The van der Waals surface area contributed by atoms with Crippen LogP contribution in [0.2, 0.25) is 0 Å². The fourth-order valence-electron chi connectivity index (χ4n) is 3.60. The fraction of sp³-hybridized carbons (Fsp3) is 0.348. The Morgan fingerprint density at radius 1 is 1.03 bits per heavy atom. The van der Waals surface area contributed by atoms with Crippen molar-refractivity contribution in [2.45, 2.75) is 25.9 Å². The molecule has 2 aromatic rings. The molecule has 1 saturated heterocycles. The standard InChI is InChI=1S/C23H27N3O5S/c1-5-25-22(28)18(13-21(27)24-16-7-9-17(29-2)10-8-16)26(23(25)32)14-15-6-11-19(30-3)20(12-15)31-4/h6-12,18H,5,13-14H2,1-4H3,(H,24,27)/t18-/m0/s1. The number of ether oxygens (including phenoxy) is 3. The predicted molar refractivity (Wildman–Crippen MR) is 125 cm³/mol. The lowest BCUT2D eigenvalue weighted by atomic mass is 10.1. The van der Waals surface area contributed by atoms with Gasteiger partial charge < -0.3 is 24.4 Å². The summed E-state index contributed by atoms with van der Waals surface area (Å²) in [5.41, 5.74) is 1.51. The van der Waals surface area contributed by atoms with E-state index in [1.54, 1.807) is 56.6 Å². The zero-order valence-corrected chi connectivity index (χ0v) is 19.4. The number of likely N-dealkylation sites (N-methyl/N-ethyl adjacent to an activating group) is 1. The van der Waals surface area contributed by atoms with Gasteiger partial charge in [-0.25, -0.2) is 0 Å². The second kappa shape index (κ2) is 10.3. The van der Waals surface area contributed by atoms with Gasteiger partial charge in [0, 0.05) is 18.8 Å². The van der Waals surface area contributed by atoms with Crippen LogP contribution >= 0.6 is 12.2 Å². The number of rotatable bonds is 9. The van der Waals surface area contributed by atoms with E-state index in [1.807, 2.05) is 19.1 Å². The molecule has 1 fully saturated rings. The minimum Gasteiger partial charge on any atom is -0.497 e. The highest BCUT2D eigenvalue weighted by Crippen LogP contribution is 2.30. The lowest BCUT2D eigenvalue weighted by Gasteiger charge is -2.24. The molecule has 0 aromatic heterocycles. The summed E-state index contributed by atoms with van der Waals surface area (Å²) in [6.07, 6.45) is -0.0191. The van der Waals surface area contributed by atoms with E-state index >= 15 is 0 Å². The first-order valence-electron chi connectivity index (χ1n) is 10.2. The molecule has 1 aliphatic heterocycles. The highest BCUT2D eigenvalue weighted by Gasteiger charge is 2.42. The average Bonchev–Trinajstić information content (AvgIpc) is 3.02. The number of hydrogen-bond acceptors (Lipinski definition) is 6. The van der Waals surface area contributed by atoms with E-state index in [1.165, 1.54) is 4.90 Å². The van der Waals surface area contributed by atoms with Gasteiger partial charge in [-0.15, -0.1) is 0 Å². The number of benzene rings is 2. The van der Waals surface area contributed by atoms with E-state index in [0.29, 0.717) is 41.1 Å². The average molecular weight is 458 g/mol. The van der Waals surface area contributed by atoms with Crippen molar-refractivity contribution in [2.75, 3.05) is 33.2 Å². The number of amides is 2. The molecule has 0 bridgehead atoms. The van der Waals surface area contributed by atoms with Gasteiger partial charge in [-0.2, -0.15) is 0 Å². The summed E-state index contributed by atoms with van der Waals surface area (Å²) in [6.45, 7) is 2.66. The maximum absolute atomic E-state index is 13.0. The Bertz CT molecular complexity index is 996. The van der Waals surface area contributed by atoms with Gasteiger partial charge in [0.15, 0.2) is 16.6 Å². The lowest BCUT2D eigenvalue weighted by molar-refractivity contribution is -0.130. The van der Waals surface area contributed by atoms with Gasteiger partial charge in [-0.1, -0.05) is 6.07 Å². The first-order chi connectivity index (χ1) is 15.4. The summed E-state index contributed by atoms with van der Waals surface area (Å²) < 4.78 is 15.8. The second-order valence-electron chi connectivity index (χ2n) is 7.18. The smallest absolute Gasteiger partial charge is 0.252 e. The van der Waals surface area contributed by atoms with Gasteiger partial charge in [-0.05, 0) is 61.1 Å². The molecular weight excluding hydrogens is 430 g/mol. The SMILES string of the molecule is CCN1C(=O)[C@H](CC(=O)Nc2ccc(OC)cc2)N(Cc2ccc(OC)c(OC)c2)C1=S. The van der Waals surface area contributed by atoms with Crippen molar-refractivity contribution in [2.24, 2.45) is 0 Å². The van der Waals surface area contributed by atoms with Crippen molar-refractivity contribution in [1.29, 1.82) is 0 Å². The lowest BCUT2D eigenvalue weighted by Crippen LogP contribution is -2.37. The van der Waals surface area contributed by atoms with Crippen LogP contribution in [0.4, 0.5) is 5.69 Å². The summed E-state index contributed by atoms with van der Waals surface area (Å²) in [6, 6.07) is 11.9. The third kappa shape index (κ3) is 4.94. The number of nitrogens with zero attached hydrogens (tertiary/aromatic N) is 2. The maximum atomic E-state index is 13.0. The van der Waals surface area contributed by atoms with Gasteiger partial charge in [-0.3, -0.25) is 14.5 Å². The van der Waals surface area contributed by atoms with Crippen molar-refractivity contribution < 1.29 is 23.8 Å². The Labute approximate surface area is 193 Å².